The van der Waals surface area contributed by atoms with E-state index in [0.29, 0.717) is 39.4 Å². The number of thiocarbonyl (C=S) groups is 1. The molecule has 0 aliphatic carbocycles. The number of piperazine rings is 1. The average Bonchev–Trinajstić information content (AvgIpc) is 3.20. The second-order valence-corrected chi connectivity index (χ2v) is 11.0. The summed E-state index contributed by atoms with van der Waals surface area (Å²) in [7, 11) is -2.14. The molecule has 1 aromatic carbocycles. The Morgan fingerprint density at radius 1 is 1.03 bits per heavy atom. The van der Waals surface area contributed by atoms with Crippen LogP contribution in [0.1, 0.15) is 39.4 Å². The first kappa shape index (κ1) is 27.8. The molecule has 1 aromatic heterocycles. The standard InChI is InChI=1S/C23H29N3O7S3/c1-5-32-21(27)18-15(3)19(22(28)33-6-2)35-20(18)24-23(34)25-11-13-26(14-12-25)36(29,30)17-9-7-16(31-4)8-10-17/h7-10H,5-6,11-14H2,1-4H3,(H,24,34). The summed E-state index contributed by atoms with van der Waals surface area (Å²) in [6.45, 7) is 6.62. The first-order valence-corrected chi connectivity index (χ1v) is 14.0. The molecule has 0 bridgehead atoms. The third-order valence-electron chi connectivity index (χ3n) is 5.53. The van der Waals surface area contributed by atoms with E-state index in [2.05, 4.69) is 5.32 Å². The summed E-state index contributed by atoms with van der Waals surface area (Å²) in [5.74, 6) is -0.517. The van der Waals surface area contributed by atoms with Crippen LogP contribution < -0.4 is 10.1 Å². The number of esters is 2. The minimum absolute atomic E-state index is 0.178. The largest absolute Gasteiger partial charge is 0.497 e. The number of carbonyl (C=O) groups excluding carboxylic acids is 2. The fourth-order valence-electron chi connectivity index (χ4n) is 3.65. The molecule has 2 heterocycles. The van der Waals surface area contributed by atoms with Gasteiger partial charge >= 0.3 is 11.9 Å². The molecule has 1 N–H and O–H groups in total. The van der Waals surface area contributed by atoms with Crippen LogP contribution in [0.3, 0.4) is 0 Å². The SMILES string of the molecule is CCOC(=O)c1sc(NC(=S)N2CCN(S(=O)(=O)c3ccc(OC)cc3)CC2)c(C(=O)OCC)c1C. The van der Waals surface area contributed by atoms with E-state index in [1.54, 1.807) is 32.9 Å². The maximum Gasteiger partial charge on any atom is 0.348 e. The second-order valence-electron chi connectivity index (χ2n) is 7.70. The van der Waals surface area contributed by atoms with Crippen LogP contribution in [0.2, 0.25) is 0 Å². The number of carbonyl (C=O) groups is 2. The number of thiophene rings is 1. The molecule has 1 saturated heterocycles. The van der Waals surface area contributed by atoms with Crippen LogP contribution in [0.4, 0.5) is 5.00 Å². The van der Waals surface area contributed by atoms with Crippen molar-refractivity contribution in [3.63, 3.8) is 0 Å². The number of ether oxygens (including phenoxy) is 3. The zero-order chi connectivity index (χ0) is 26.5. The van der Waals surface area contributed by atoms with E-state index in [1.807, 2.05) is 4.90 Å². The van der Waals surface area contributed by atoms with Gasteiger partial charge in [-0.2, -0.15) is 4.31 Å². The van der Waals surface area contributed by atoms with Gasteiger partial charge in [0.05, 0.1) is 30.8 Å². The van der Waals surface area contributed by atoms with Crippen molar-refractivity contribution in [1.29, 1.82) is 0 Å². The van der Waals surface area contributed by atoms with Crippen LogP contribution in [-0.4, -0.2) is 81.2 Å². The van der Waals surface area contributed by atoms with Crippen LogP contribution >= 0.6 is 23.6 Å². The summed E-state index contributed by atoms with van der Waals surface area (Å²) >= 11 is 6.63. The summed E-state index contributed by atoms with van der Waals surface area (Å²) < 4.78 is 42.8. The van der Waals surface area contributed by atoms with Gasteiger partial charge in [0.15, 0.2) is 5.11 Å². The predicted molar refractivity (Wildman–Crippen MR) is 141 cm³/mol. The Morgan fingerprint density at radius 3 is 2.17 bits per heavy atom. The molecule has 0 unspecified atom stereocenters. The smallest absolute Gasteiger partial charge is 0.348 e. The number of benzene rings is 1. The molecule has 0 amide bonds. The maximum atomic E-state index is 13.0. The molecule has 3 rings (SSSR count). The molecule has 0 spiro atoms. The molecule has 0 atom stereocenters. The summed E-state index contributed by atoms with van der Waals surface area (Å²) in [5, 5.41) is 3.76. The van der Waals surface area contributed by atoms with Crippen LogP contribution in [0.15, 0.2) is 29.2 Å². The lowest BCUT2D eigenvalue weighted by Crippen LogP contribution is -2.51. The van der Waals surface area contributed by atoms with E-state index in [0.717, 1.165) is 11.3 Å². The maximum absolute atomic E-state index is 13.0. The molecular formula is C23H29N3O7S3. The van der Waals surface area contributed by atoms with Crippen molar-refractivity contribution < 1.29 is 32.2 Å². The Morgan fingerprint density at radius 2 is 1.61 bits per heavy atom. The number of nitrogens with zero attached hydrogens (tertiary/aromatic N) is 2. The molecule has 13 heteroatoms. The Kier molecular flexibility index (Phi) is 9.28. The van der Waals surface area contributed by atoms with Gasteiger partial charge < -0.3 is 24.4 Å². The van der Waals surface area contributed by atoms with Crippen LogP contribution in [0, 0.1) is 6.92 Å². The van der Waals surface area contributed by atoms with Crippen molar-refractivity contribution in [3.8, 4) is 5.75 Å². The molecule has 196 valence electrons. The van der Waals surface area contributed by atoms with Gasteiger partial charge in [-0.15, -0.1) is 11.3 Å². The van der Waals surface area contributed by atoms with Gasteiger partial charge in [0, 0.05) is 26.2 Å². The summed E-state index contributed by atoms with van der Waals surface area (Å²) in [6.07, 6.45) is 0. The highest BCUT2D eigenvalue weighted by molar-refractivity contribution is 7.89. The van der Waals surface area contributed by atoms with E-state index in [4.69, 9.17) is 26.4 Å². The first-order chi connectivity index (χ1) is 17.1. The first-order valence-electron chi connectivity index (χ1n) is 11.3. The van der Waals surface area contributed by atoms with E-state index >= 15 is 0 Å². The van der Waals surface area contributed by atoms with E-state index < -0.39 is 22.0 Å². The molecule has 1 aliphatic rings. The van der Waals surface area contributed by atoms with Gasteiger partial charge in [-0.25, -0.2) is 18.0 Å². The normalized spacial score (nSPS) is 14.3. The lowest BCUT2D eigenvalue weighted by Gasteiger charge is -2.35. The van der Waals surface area contributed by atoms with E-state index in [-0.39, 0.29) is 36.8 Å². The zero-order valence-electron chi connectivity index (χ0n) is 20.5. The van der Waals surface area contributed by atoms with E-state index in [9.17, 15) is 18.0 Å². The van der Waals surface area contributed by atoms with Gasteiger partial charge in [-0.1, -0.05) is 0 Å². The molecule has 1 aliphatic heterocycles. The van der Waals surface area contributed by atoms with Gasteiger partial charge in [-0.3, -0.25) is 0 Å². The number of anilines is 1. The molecule has 0 saturated carbocycles. The average molecular weight is 556 g/mol. The third-order valence-corrected chi connectivity index (χ3v) is 8.99. The minimum Gasteiger partial charge on any atom is -0.497 e. The van der Waals surface area contributed by atoms with Crippen molar-refractivity contribution in [3.05, 3.63) is 40.3 Å². The fraction of sp³-hybridized carbons (Fsp3) is 0.435. The molecular weight excluding hydrogens is 526 g/mol. The molecule has 10 nitrogen and oxygen atoms in total. The molecule has 1 fully saturated rings. The quantitative estimate of drug-likeness (QED) is 0.385. The predicted octanol–water partition coefficient (Wildman–Crippen LogP) is 3.12. The Balaban J connectivity index is 1.72. The van der Waals surface area contributed by atoms with Crippen molar-refractivity contribution in [2.45, 2.75) is 25.7 Å². The topological polar surface area (TPSA) is 114 Å². The van der Waals surface area contributed by atoms with Crippen molar-refractivity contribution >= 4 is 55.6 Å². The monoisotopic (exact) mass is 555 g/mol. The van der Waals surface area contributed by atoms with E-state index in [1.165, 1.54) is 23.5 Å². The van der Waals surface area contributed by atoms with Crippen molar-refractivity contribution in [2.75, 3.05) is 51.8 Å². The van der Waals surface area contributed by atoms with Crippen LogP contribution in [0.25, 0.3) is 0 Å². The van der Waals surface area contributed by atoms with Crippen LogP contribution in [0.5, 0.6) is 5.75 Å². The highest BCUT2D eigenvalue weighted by Gasteiger charge is 2.31. The van der Waals surface area contributed by atoms with Crippen molar-refractivity contribution in [2.24, 2.45) is 0 Å². The highest BCUT2D eigenvalue weighted by Crippen LogP contribution is 2.34. The molecule has 36 heavy (non-hydrogen) atoms. The summed E-state index contributed by atoms with van der Waals surface area (Å²) in [4.78, 5) is 27.3. The number of hydrogen-bond donors (Lipinski definition) is 1. The zero-order valence-corrected chi connectivity index (χ0v) is 23.0. The third kappa shape index (κ3) is 5.97. The van der Waals surface area contributed by atoms with Gasteiger partial charge in [0.2, 0.25) is 10.0 Å². The number of methoxy groups -OCH3 is 1. The number of rotatable bonds is 8. The summed E-state index contributed by atoms with van der Waals surface area (Å²) in [6, 6.07) is 6.25. The van der Waals surface area contributed by atoms with Crippen molar-refractivity contribution in [1.82, 2.24) is 9.21 Å². The Bertz CT molecular complexity index is 1220. The van der Waals surface area contributed by atoms with Gasteiger partial charge in [0.25, 0.3) is 0 Å². The number of nitrogens with one attached hydrogen (secondary N) is 1. The highest BCUT2D eigenvalue weighted by atomic mass is 32.2. The Hall–Kier alpha value is -2.74. The van der Waals surface area contributed by atoms with Crippen LogP contribution in [-0.2, 0) is 19.5 Å². The van der Waals surface area contributed by atoms with Gasteiger partial charge in [-0.05, 0) is 62.8 Å². The fourth-order valence-corrected chi connectivity index (χ4v) is 6.51. The molecule has 2 aromatic rings. The number of hydrogen-bond acceptors (Lipinski definition) is 9. The molecule has 0 radical (unpaired) electrons. The Labute approximate surface area is 220 Å². The summed E-state index contributed by atoms with van der Waals surface area (Å²) in [5.41, 5.74) is 0.686. The second kappa shape index (κ2) is 12.0. The number of sulfonamides is 1. The van der Waals surface area contributed by atoms with Gasteiger partial charge in [0.1, 0.15) is 15.6 Å². The lowest BCUT2D eigenvalue weighted by atomic mass is 10.1. The lowest BCUT2D eigenvalue weighted by molar-refractivity contribution is 0.0527. The minimum atomic E-state index is -3.66.